The van der Waals surface area contributed by atoms with E-state index >= 15 is 0 Å². The highest BCUT2D eigenvalue weighted by Crippen LogP contribution is 2.28. The SMILES string of the molecule is O=C(NN1CCCCc2ccccc21)c1ccc([N+](=O)[O-])c([N+](=O)[O-])c1. The molecule has 1 aliphatic rings. The van der Waals surface area contributed by atoms with Gasteiger partial charge in [0.15, 0.2) is 0 Å². The third-order valence-corrected chi connectivity index (χ3v) is 4.23. The molecule has 3 rings (SSSR count). The molecule has 0 aliphatic carbocycles. The fourth-order valence-corrected chi connectivity index (χ4v) is 2.96. The van der Waals surface area contributed by atoms with Gasteiger partial charge in [0.2, 0.25) is 0 Å². The van der Waals surface area contributed by atoms with E-state index < -0.39 is 27.1 Å². The van der Waals surface area contributed by atoms with Crippen molar-refractivity contribution in [2.45, 2.75) is 19.3 Å². The van der Waals surface area contributed by atoms with Gasteiger partial charge < -0.3 is 0 Å². The molecule has 0 bridgehead atoms. The minimum Gasteiger partial charge on any atom is -0.285 e. The van der Waals surface area contributed by atoms with Crippen LogP contribution < -0.4 is 10.4 Å². The molecule has 0 radical (unpaired) electrons. The number of nitrogens with zero attached hydrogens (tertiary/aromatic N) is 3. The number of hydrogen-bond donors (Lipinski definition) is 1. The van der Waals surface area contributed by atoms with Crippen LogP contribution in [0.1, 0.15) is 28.8 Å². The number of para-hydroxylation sites is 1. The van der Waals surface area contributed by atoms with E-state index in [1.54, 1.807) is 5.01 Å². The largest absolute Gasteiger partial charge is 0.346 e. The number of anilines is 1. The van der Waals surface area contributed by atoms with Crippen molar-refractivity contribution in [1.82, 2.24) is 5.43 Å². The van der Waals surface area contributed by atoms with E-state index in [4.69, 9.17) is 0 Å². The molecular weight excluding hydrogens is 340 g/mol. The van der Waals surface area contributed by atoms with Crippen LogP contribution in [-0.4, -0.2) is 22.3 Å². The Bertz CT molecular complexity index is 883. The number of hydrogen-bond acceptors (Lipinski definition) is 6. The molecule has 9 heteroatoms. The van der Waals surface area contributed by atoms with Gasteiger partial charge in [0.05, 0.1) is 15.5 Å². The Kier molecular flexibility index (Phi) is 4.78. The Morgan fingerprint density at radius 1 is 1.00 bits per heavy atom. The third-order valence-electron chi connectivity index (χ3n) is 4.23. The summed E-state index contributed by atoms with van der Waals surface area (Å²) in [5.41, 5.74) is 3.38. The van der Waals surface area contributed by atoms with Crippen LogP contribution >= 0.6 is 0 Å². The van der Waals surface area contributed by atoms with Crippen molar-refractivity contribution >= 4 is 23.0 Å². The fraction of sp³-hybridized carbons (Fsp3) is 0.235. The Hall–Kier alpha value is -3.49. The third kappa shape index (κ3) is 3.46. The first-order chi connectivity index (χ1) is 12.5. The molecule has 1 amide bonds. The number of carbonyl (C=O) groups excluding carboxylic acids is 1. The maximum absolute atomic E-state index is 12.5. The monoisotopic (exact) mass is 356 g/mol. The van der Waals surface area contributed by atoms with Crippen molar-refractivity contribution in [2.24, 2.45) is 0 Å². The smallest absolute Gasteiger partial charge is 0.285 e. The lowest BCUT2D eigenvalue weighted by molar-refractivity contribution is -0.422. The van der Waals surface area contributed by atoms with Gasteiger partial charge in [0.1, 0.15) is 0 Å². The molecule has 0 aromatic heterocycles. The summed E-state index contributed by atoms with van der Waals surface area (Å²) in [4.78, 5) is 32.8. The average molecular weight is 356 g/mol. The predicted octanol–water partition coefficient (Wildman–Crippen LogP) is 2.99. The van der Waals surface area contributed by atoms with Gasteiger partial charge in [-0.05, 0) is 37.0 Å². The molecule has 0 fully saturated rings. The van der Waals surface area contributed by atoms with E-state index in [2.05, 4.69) is 5.43 Å². The lowest BCUT2D eigenvalue weighted by Crippen LogP contribution is -2.43. The standard InChI is InChI=1S/C17H16N4O5/c22-17(13-8-9-15(20(23)24)16(11-13)21(25)26)18-19-10-4-3-6-12-5-1-2-7-14(12)19/h1-2,5,7-9,11H,3-4,6,10H2,(H,18,22). The summed E-state index contributed by atoms with van der Waals surface area (Å²) in [6.07, 6.45) is 2.79. The average Bonchev–Trinajstić information content (AvgIpc) is 2.83. The maximum atomic E-state index is 12.5. The summed E-state index contributed by atoms with van der Waals surface area (Å²) in [5, 5.41) is 23.7. The summed E-state index contributed by atoms with van der Waals surface area (Å²) in [6, 6.07) is 10.8. The van der Waals surface area contributed by atoms with Gasteiger partial charge in [0, 0.05) is 24.2 Å². The van der Waals surface area contributed by atoms with Crippen molar-refractivity contribution in [3.05, 3.63) is 73.8 Å². The number of nitro groups is 2. The number of nitrogens with one attached hydrogen (secondary N) is 1. The molecule has 0 saturated heterocycles. The molecule has 0 saturated carbocycles. The molecular formula is C17H16N4O5. The van der Waals surface area contributed by atoms with Gasteiger partial charge in [-0.1, -0.05) is 18.2 Å². The predicted molar refractivity (Wildman–Crippen MR) is 93.9 cm³/mol. The molecule has 1 heterocycles. The van der Waals surface area contributed by atoms with Crippen molar-refractivity contribution in [3.8, 4) is 0 Å². The lowest BCUT2D eigenvalue weighted by atomic mass is 10.1. The molecule has 0 spiro atoms. The van der Waals surface area contributed by atoms with E-state index in [9.17, 15) is 25.0 Å². The number of carbonyl (C=O) groups is 1. The zero-order valence-corrected chi connectivity index (χ0v) is 13.8. The molecule has 2 aromatic rings. The first kappa shape index (κ1) is 17.3. The topological polar surface area (TPSA) is 119 Å². The van der Waals surface area contributed by atoms with E-state index in [-0.39, 0.29) is 5.56 Å². The molecule has 134 valence electrons. The fourth-order valence-electron chi connectivity index (χ4n) is 2.96. The van der Waals surface area contributed by atoms with Gasteiger partial charge in [0.25, 0.3) is 5.91 Å². The Morgan fingerprint density at radius 2 is 1.73 bits per heavy atom. The highest BCUT2D eigenvalue weighted by Gasteiger charge is 2.26. The van der Waals surface area contributed by atoms with Crippen LogP contribution in [0, 0.1) is 20.2 Å². The molecule has 1 aliphatic heterocycles. The molecule has 26 heavy (non-hydrogen) atoms. The molecule has 0 atom stereocenters. The number of nitro benzene ring substituents is 2. The molecule has 1 N–H and O–H groups in total. The van der Waals surface area contributed by atoms with Gasteiger partial charge in [-0.25, -0.2) is 0 Å². The van der Waals surface area contributed by atoms with Crippen molar-refractivity contribution in [2.75, 3.05) is 11.6 Å². The minimum atomic E-state index is -0.865. The number of fused-ring (bicyclic) bond motifs is 1. The van der Waals surface area contributed by atoms with Crippen molar-refractivity contribution < 1.29 is 14.6 Å². The van der Waals surface area contributed by atoms with E-state index in [0.717, 1.165) is 42.6 Å². The second kappa shape index (κ2) is 7.18. The first-order valence-electron chi connectivity index (χ1n) is 8.06. The number of aryl methyl sites for hydroxylation is 1. The van der Waals surface area contributed by atoms with Crippen molar-refractivity contribution in [3.63, 3.8) is 0 Å². The van der Waals surface area contributed by atoms with Crippen LogP contribution in [-0.2, 0) is 6.42 Å². The van der Waals surface area contributed by atoms with Crippen LogP contribution in [0.3, 0.4) is 0 Å². The summed E-state index contributed by atoms with van der Waals surface area (Å²) < 4.78 is 0. The van der Waals surface area contributed by atoms with E-state index in [0.29, 0.717) is 6.54 Å². The Balaban J connectivity index is 1.88. The van der Waals surface area contributed by atoms with Crippen LogP contribution in [0.15, 0.2) is 42.5 Å². The summed E-state index contributed by atoms with van der Waals surface area (Å²) in [5.74, 6) is -0.556. The van der Waals surface area contributed by atoms with Gasteiger partial charge in [-0.2, -0.15) is 0 Å². The van der Waals surface area contributed by atoms with Crippen LogP contribution in [0.4, 0.5) is 17.1 Å². The lowest BCUT2D eigenvalue weighted by Gasteiger charge is -2.25. The summed E-state index contributed by atoms with van der Waals surface area (Å²) in [7, 11) is 0. The highest BCUT2D eigenvalue weighted by molar-refractivity contribution is 5.96. The second-order valence-electron chi connectivity index (χ2n) is 5.90. The zero-order chi connectivity index (χ0) is 18.7. The number of amides is 1. The van der Waals surface area contributed by atoms with Gasteiger partial charge in [-0.15, -0.1) is 0 Å². The number of benzene rings is 2. The Morgan fingerprint density at radius 3 is 2.46 bits per heavy atom. The summed E-state index contributed by atoms with van der Waals surface area (Å²) >= 11 is 0. The first-order valence-corrected chi connectivity index (χ1v) is 8.06. The zero-order valence-electron chi connectivity index (χ0n) is 13.8. The van der Waals surface area contributed by atoms with Crippen LogP contribution in [0.2, 0.25) is 0 Å². The molecule has 0 unspecified atom stereocenters. The minimum absolute atomic E-state index is 0.0102. The Labute approximate surface area is 148 Å². The highest BCUT2D eigenvalue weighted by atomic mass is 16.6. The normalized spacial score (nSPS) is 13.5. The van der Waals surface area contributed by atoms with Gasteiger partial charge >= 0.3 is 11.4 Å². The second-order valence-corrected chi connectivity index (χ2v) is 5.90. The van der Waals surface area contributed by atoms with Crippen molar-refractivity contribution in [1.29, 1.82) is 0 Å². The van der Waals surface area contributed by atoms with E-state index in [1.807, 2.05) is 24.3 Å². The molecule has 2 aromatic carbocycles. The van der Waals surface area contributed by atoms with Gasteiger partial charge in [-0.3, -0.25) is 35.5 Å². The summed E-state index contributed by atoms with van der Waals surface area (Å²) in [6.45, 7) is 0.609. The maximum Gasteiger partial charge on any atom is 0.346 e. The molecule has 9 nitrogen and oxygen atoms in total. The quantitative estimate of drug-likeness (QED) is 0.664. The van der Waals surface area contributed by atoms with Crippen LogP contribution in [0.25, 0.3) is 0 Å². The van der Waals surface area contributed by atoms with Crippen LogP contribution in [0.5, 0.6) is 0 Å². The number of rotatable bonds is 4. The number of hydrazine groups is 1. The van der Waals surface area contributed by atoms with E-state index in [1.165, 1.54) is 6.07 Å².